The monoisotopic (exact) mass is 545 g/mol. The minimum atomic E-state index is -0.0939. The zero-order valence-corrected chi connectivity index (χ0v) is 20.0. The summed E-state index contributed by atoms with van der Waals surface area (Å²) in [5.41, 5.74) is 4.16. The van der Waals surface area contributed by atoms with E-state index < -0.39 is 0 Å². The number of halogens is 2. The van der Waals surface area contributed by atoms with E-state index in [4.69, 9.17) is 4.42 Å². The van der Waals surface area contributed by atoms with Crippen molar-refractivity contribution in [3.8, 4) is 11.3 Å². The van der Waals surface area contributed by atoms with Crippen LogP contribution in [-0.2, 0) is 4.79 Å². The predicted octanol–water partition coefficient (Wildman–Crippen LogP) is 7.94. The molecule has 0 fully saturated rings. The number of hydrogen-bond acceptors (Lipinski definition) is 2. The second-order valence-electron chi connectivity index (χ2n) is 7.32. The van der Waals surface area contributed by atoms with E-state index in [-0.39, 0.29) is 5.91 Å². The summed E-state index contributed by atoms with van der Waals surface area (Å²) in [5.74, 6) is 1.29. The molecular weight excluding hydrogens is 530 g/mol. The Labute approximate surface area is 202 Å². The summed E-state index contributed by atoms with van der Waals surface area (Å²) in [6, 6.07) is 29.4. The highest BCUT2D eigenvalue weighted by Gasteiger charge is 2.30. The smallest absolute Gasteiger partial charge is 0.263 e. The van der Waals surface area contributed by atoms with Gasteiger partial charge in [0.15, 0.2) is 0 Å². The van der Waals surface area contributed by atoms with Crippen LogP contribution in [0.1, 0.15) is 11.3 Å². The molecule has 4 aromatic rings. The minimum absolute atomic E-state index is 0.0939. The number of furan rings is 1. The molecule has 2 heterocycles. The Morgan fingerprint density at radius 3 is 2.28 bits per heavy atom. The topological polar surface area (TPSA) is 33.5 Å². The third-order valence-electron chi connectivity index (χ3n) is 5.17. The maximum atomic E-state index is 13.5. The largest absolute Gasteiger partial charge is 0.457 e. The molecule has 0 bridgehead atoms. The molecular formula is C27H17Br2NO2. The van der Waals surface area contributed by atoms with Gasteiger partial charge in [0.2, 0.25) is 0 Å². The van der Waals surface area contributed by atoms with Crippen molar-refractivity contribution >= 4 is 55.2 Å². The lowest BCUT2D eigenvalue weighted by molar-refractivity contribution is -0.113. The van der Waals surface area contributed by atoms with Crippen molar-refractivity contribution < 1.29 is 9.21 Å². The van der Waals surface area contributed by atoms with E-state index in [1.54, 1.807) is 11.0 Å². The lowest BCUT2D eigenvalue weighted by atomic mass is 10.1. The van der Waals surface area contributed by atoms with Crippen molar-refractivity contribution in [1.82, 2.24) is 0 Å². The fourth-order valence-corrected chi connectivity index (χ4v) is 4.31. The van der Waals surface area contributed by atoms with Gasteiger partial charge in [-0.05, 0) is 60.2 Å². The molecule has 0 radical (unpaired) electrons. The van der Waals surface area contributed by atoms with Crippen molar-refractivity contribution in [1.29, 1.82) is 0 Å². The number of carbonyl (C=O) groups excluding carboxylic acids is 1. The van der Waals surface area contributed by atoms with Crippen LogP contribution in [0.2, 0.25) is 0 Å². The second-order valence-corrected chi connectivity index (χ2v) is 9.16. The summed E-state index contributed by atoms with van der Waals surface area (Å²) in [6.45, 7) is 0. The number of nitrogens with zero attached hydrogens (tertiary/aromatic N) is 1. The van der Waals surface area contributed by atoms with Gasteiger partial charge < -0.3 is 4.42 Å². The van der Waals surface area contributed by atoms with Crippen molar-refractivity contribution in [2.75, 3.05) is 4.90 Å². The van der Waals surface area contributed by atoms with Crippen LogP contribution in [0, 0.1) is 0 Å². The molecule has 0 N–H and O–H groups in total. The van der Waals surface area contributed by atoms with Crippen molar-refractivity contribution in [2.24, 2.45) is 0 Å². The van der Waals surface area contributed by atoms with Crippen molar-refractivity contribution in [3.63, 3.8) is 0 Å². The average molecular weight is 547 g/mol. The highest BCUT2D eigenvalue weighted by atomic mass is 79.9. The maximum Gasteiger partial charge on any atom is 0.263 e. The number of carbonyl (C=O) groups is 1. The normalized spacial score (nSPS) is 14.8. The Bertz CT molecular complexity index is 1350. The molecule has 0 aliphatic carbocycles. The van der Waals surface area contributed by atoms with Crippen molar-refractivity contribution in [3.05, 3.63) is 123 Å². The van der Waals surface area contributed by atoms with E-state index in [0.29, 0.717) is 11.3 Å². The van der Waals surface area contributed by atoms with E-state index in [0.717, 1.165) is 37.2 Å². The van der Waals surface area contributed by atoms with E-state index in [2.05, 4.69) is 31.9 Å². The SMILES string of the molecule is O=C1C(=Cc2ccc(-c3ccc(Br)cc3)o2)C=C(c2ccccc2)N1c1cccc(Br)c1. The molecule has 3 aromatic carbocycles. The van der Waals surface area contributed by atoms with Gasteiger partial charge in [0.05, 0.1) is 11.4 Å². The molecule has 1 amide bonds. The first-order chi connectivity index (χ1) is 15.6. The summed E-state index contributed by atoms with van der Waals surface area (Å²) < 4.78 is 7.95. The van der Waals surface area contributed by atoms with E-state index in [9.17, 15) is 4.79 Å². The van der Waals surface area contributed by atoms with Gasteiger partial charge in [-0.25, -0.2) is 0 Å². The van der Waals surface area contributed by atoms with Gasteiger partial charge in [-0.15, -0.1) is 0 Å². The quantitative estimate of drug-likeness (QED) is 0.243. The Morgan fingerprint density at radius 1 is 0.750 bits per heavy atom. The Morgan fingerprint density at radius 2 is 1.53 bits per heavy atom. The predicted molar refractivity (Wildman–Crippen MR) is 136 cm³/mol. The number of hydrogen-bond donors (Lipinski definition) is 0. The van der Waals surface area contributed by atoms with Gasteiger partial charge in [-0.1, -0.05) is 80.4 Å². The molecule has 1 aliphatic heterocycles. The lowest BCUT2D eigenvalue weighted by Crippen LogP contribution is -2.24. The zero-order chi connectivity index (χ0) is 22.1. The number of amides is 1. The second kappa shape index (κ2) is 8.77. The molecule has 5 rings (SSSR count). The summed E-state index contributed by atoms with van der Waals surface area (Å²) in [7, 11) is 0. The third kappa shape index (κ3) is 4.14. The van der Waals surface area contributed by atoms with Gasteiger partial charge in [-0.2, -0.15) is 0 Å². The van der Waals surface area contributed by atoms with Gasteiger partial charge in [0.25, 0.3) is 5.91 Å². The van der Waals surface area contributed by atoms with Crippen LogP contribution >= 0.6 is 31.9 Å². The Kier molecular flexibility index (Phi) is 5.68. The van der Waals surface area contributed by atoms with Gasteiger partial charge in [-0.3, -0.25) is 9.69 Å². The first-order valence-electron chi connectivity index (χ1n) is 10.0. The number of anilines is 1. The highest BCUT2D eigenvalue weighted by Crippen LogP contribution is 2.36. The van der Waals surface area contributed by atoms with Crippen LogP contribution < -0.4 is 4.90 Å². The molecule has 1 aliphatic rings. The maximum absolute atomic E-state index is 13.5. The van der Waals surface area contributed by atoms with Crippen LogP contribution in [0.15, 0.2) is 116 Å². The molecule has 3 nitrogen and oxygen atoms in total. The first-order valence-corrected chi connectivity index (χ1v) is 11.6. The Hall–Kier alpha value is -3.15. The molecule has 0 saturated heterocycles. The number of rotatable bonds is 4. The van der Waals surface area contributed by atoms with Crippen LogP contribution in [0.3, 0.4) is 0 Å². The summed E-state index contributed by atoms with van der Waals surface area (Å²) in [5, 5.41) is 0. The first kappa shape index (κ1) is 20.7. The van der Waals surface area contributed by atoms with E-state index in [1.165, 1.54) is 0 Å². The van der Waals surface area contributed by atoms with Crippen LogP contribution in [0.4, 0.5) is 5.69 Å². The van der Waals surface area contributed by atoms with Gasteiger partial charge >= 0.3 is 0 Å². The van der Waals surface area contributed by atoms with Crippen LogP contribution in [-0.4, -0.2) is 5.91 Å². The molecule has 156 valence electrons. The molecule has 0 saturated carbocycles. The molecule has 5 heteroatoms. The van der Waals surface area contributed by atoms with E-state index in [1.807, 2.05) is 97.1 Å². The van der Waals surface area contributed by atoms with Crippen molar-refractivity contribution in [2.45, 2.75) is 0 Å². The number of benzene rings is 3. The zero-order valence-electron chi connectivity index (χ0n) is 16.8. The van der Waals surface area contributed by atoms with Crippen LogP contribution in [0.5, 0.6) is 0 Å². The molecule has 1 aromatic heterocycles. The lowest BCUT2D eigenvalue weighted by Gasteiger charge is -2.21. The van der Waals surface area contributed by atoms with Gasteiger partial charge in [0, 0.05) is 20.1 Å². The molecule has 0 spiro atoms. The Balaban J connectivity index is 1.54. The summed E-state index contributed by atoms with van der Waals surface area (Å²) >= 11 is 6.96. The minimum Gasteiger partial charge on any atom is -0.457 e. The van der Waals surface area contributed by atoms with E-state index >= 15 is 0 Å². The third-order valence-corrected chi connectivity index (χ3v) is 6.19. The highest BCUT2D eigenvalue weighted by molar-refractivity contribution is 9.10. The fourth-order valence-electron chi connectivity index (χ4n) is 3.66. The standard InChI is InChI=1S/C27H17Br2NO2/c28-21-11-9-19(10-12-21)26-14-13-24(32-26)15-20-16-25(18-5-2-1-3-6-18)30(27(20)31)23-8-4-7-22(29)17-23/h1-17H. The molecule has 0 atom stereocenters. The molecule has 32 heavy (non-hydrogen) atoms. The van der Waals surface area contributed by atoms with Gasteiger partial charge in [0.1, 0.15) is 11.5 Å². The van der Waals surface area contributed by atoms with Crippen LogP contribution in [0.25, 0.3) is 23.1 Å². The fraction of sp³-hybridized carbons (Fsp3) is 0. The summed E-state index contributed by atoms with van der Waals surface area (Å²) in [6.07, 6.45) is 3.71. The summed E-state index contributed by atoms with van der Waals surface area (Å²) in [4.78, 5) is 15.2. The molecule has 0 unspecified atom stereocenters. The average Bonchev–Trinajstić information content (AvgIpc) is 3.40.